The molecular formula is C9H10FNOS. The summed E-state index contributed by atoms with van der Waals surface area (Å²) in [6.07, 6.45) is 1.89. The van der Waals surface area contributed by atoms with Crippen LogP contribution in [0.3, 0.4) is 0 Å². The van der Waals surface area contributed by atoms with Gasteiger partial charge in [0.25, 0.3) is 0 Å². The maximum Gasteiger partial charge on any atom is 0.221 e. The van der Waals surface area contributed by atoms with Gasteiger partial charge in [-0.15, -0.1) is 11.8 Å². The molecule has 0 aliphatic rings. The first-order valence-electron chi connectivity index (χ1n) is 3.74. The van der Waals surface area contributed by atoms with Crippen LogP contribution in [0.4, 0.5) is 10.1 Å². The van der Waals surface area contributed by atoms with Crippen molar-refractivity contribution in [1.82, 2.24) is 0 Å². The molecule has 0 aliphatic heterocycles. The molecule has 1 N–H and O–H groups in total. The van der Waals surface area contributed by atoms with Crippen molar-refractivity contribution in [1.29, 1.82) is 0 Å². The van der Waals surface area contributed by atoms with Crippen LogP contribution >= 0.6 is 11.8 Å². The van der Waals surface area contributed by atoms with E-state index in [-0.39, 0.29) is 11.6 Å². The topological polar surface area (TPSA) is 29.1 Å². The molecule has 1 aromatic rings. The second-order valence-corrected chi connectivity index (χ2v) is 3.41. The fraction of sp³-hybridized carbons (Fsp3) is 0.222. The van der Waals surface area contributed by atoms with Gasteiger partial charge in [0.15, 0.2) is 0 Å². The van der Waals surface area contributed by atoms with E-state index in [0.717, 1.165) is 4.90 Å². The molecular weight excluding hydrogens is 189 g/mol. The zero-order valence-electron chi connectivity index (χ0n) is 7.43. The Bertz CT molecular complexity index is 327. The maximum absolute atomic E-state index is 13.0. The third kappa shape index (κ3) is 2.73. The van der Waals surface area contributed by atoms with E-state index in [9.17, 15) is 9.18 Å². The highest BCUT2D eigenvalue weighted by molar-refractivity contribution is 7.98. The number of amides is 1. The number of halogens is 1. The van der Waals surface area contributed by atoms with E-state index in [4.69, 9.17) is 0 Å². The van der Waals surface area contributed by atoms with E-state index in [1.165, 1.54) is 24.8 Å². The summed E-state index contributed by atoms with van der Waals surface area (Å²) in [5.74, 6) is -0.676. The average Bonchev–Trinajstić information content (AvgIpc) is 2.08. The number of hydrogen-bond donors (Lipinski definition) is 1. The number of carbonyl (C=O) groups is 1. The molecule has 1 rings (SSSR count). The van der Waals surface area contributed by atoms with Crippen molar-refractivity contribution in [3.63, 3.8) is 0 Å². The van der Waals surface area contributed by atoms with Crippen molar-refractivity contribution < 1.29 is 9.18 Å². The first kappa shape index (κ1) is 10.1. The van der Waals surface area contributed by atoms with Crippen LogP contribution in [0, 0.1) is 5.82 Å². The van der Waals surface area contributed by atoms with Crippen molar-refractivity contribution in [3.8, 4) is 0 Å². The average molecular weight is 199 g/mol. The summed E-state index contributed by atoms with van der Waals surface area (Å²) in [6, 6.07) is 4.63. The highest BCUT2D eigenvalue weighted by Crippen LogP contribution is 2.22. The summed E-state index contributed by atoms with van der Waals surface area (Å²) < 4.78 is 13.0. The van der Waals surface area contributed by atoms with Crippen molar-refractivity contribution in [3.05, 3.63) is 24.0 Å². The fourth-order valence-corrected chi connectivity index (χ4v) is 1.36. The number of carbonyl (C=O) groups excluding carboxylic acids is 1. The molecule has 4 heteroatoms. The van der Waals surface area contributed by atoms with Crippen LogP contribution in [0.5, 0.6) is 0 Å². The fourth-order valence-electron chi connectivity index (χ4n) is 0.917. The molecule has 0 spiro atoms. The van der Waals surface area contributed by atoms with Crippen LogP contribution in [0.1, 0.15) is 6.92 Å². The van der Waals surface area contributed by atoms with Gasteiger partial charge in [-0.1, -0.05) is 0 Å². The smallest absolute Gasteiger partial charge is 0.221 e. The number of benzene rings is 1. The molecule has 0 fully saturated rings. The van der Waals surface area contributed by atoms with E-state index in [1.54, 1.807) is 12.1 Å². The van der Waals surface area contributed by atoms with Gasteiger partial charge in [0.05, 0.1) is 5.69 Å². The first-order chi connectivity index (χ1) is 6.13. The molecule has 0 aliphatic carbocycles. The monoisotopic (exact) mass is 199 g/mol. The minimum absolute atomic E-state index is 0.236. The predicted molar refractivity (Wildman–Crippen MR) is 52.5 cm³/mol. The molecule has 0 saturated carbocycles. The molecule has 13 heavy (non-hydrogen) atoms. The molecule has 0 aromatic heterocycles. The van der Waals surface area contributed by atoms with E-state index in [1.807, 2.05) is 6.26 Å². The van der Waals surface area contributed by atoms with E-state index < -0.39 is 5.82 Å². The van der Waals surface area contributed by atoms with Gasteiger partial charge in [0, 0.05) is 11.8 Å². The summed E-state index contributed by atoms with van der Waals surface area (Å²) in [4.78, 5) is 11.6. The first-order valence-corrected chi connectivity index (χ1v) is 4.97. The van der Waals surface area contributed by atoms with Gasteiger partial charge in [-0.3, -0.25) is 4.79 Å². The summed E-state index contributed by atoms with van der Waals surface area (Å²) in [7, 11) is 0. The van der Waals surface area contributed by atoms with Gasteiger partial charge in [-0.2, -0.15) is 0 Å². The zero-order chi connectivity index (χ0) is 9.84. The second-order valence-electron chi connectivity index (χ2n) is 2.53. The van der Waals surface area contributed by atoms with Gasteiger partial charge >= 0.3 is 0 Å². The number of anilines is 1. The molecule has 0 bridgehead atoms. The molecule has 0 heterocycles. The second kappa shape index (κ2) is 4.28. The van der Waals surface area contributed by atoms with Gasteiger partial charge in [0.1, 0.15) is 5.82 Å². The van der Waals surface area contributed by atoms with E-state index in [0.29, 0.717) is 0 Å². The molecule has 0 saturated heterocycles. The molecule has 70 valence electrons. The predicted octanol–water partition coefficient (Wildman–Crippen LogP) is 2.51. The van der Waals surface area contributed by atoms with Crippen LogP contribution in [0.15, 0.2) is 23.1 Å². The molecule has 0 atom stereocenters. The van der Waals surface area contributed by atoms with E-state index in [2.05, 4.69) is 5.32 Å². The van der Waals surface area contributed by atoms with Crippen molar-refractivity contribution in [2.24, 2.45) is 0 Å². The summed E-state index contributed by atoms with van der Waals surface area (Å²) in [5.41, 5.74) is 0.236. The normalized spacial score (nSPS) is 9.77. The lowest BCUT2D eigenvalue weighted by molar-refractivity contribution is -0.114. The molecule has 0 unspecified atom stereocenters. The standard InChI is InChI=1S/C9H10FNOS/c1-6(12)11-9-5-7(13-2)3-4-8(9)10/h3-5H,1-2H3,(H,11,12). The van der Waals surface area contributed by atoms with Gasteiger partial charge < -0.3 is 5.32 Å². The van der Waals surface area contributed by atoms with Crippen LogP contribution in [0.2, 0.25) is 0 Å². The van der Waals surface area contributed by atoms with E-state index >= 15 is 0 Å². The summed E-state index contributed by atoms with van der Waals surface area (Å²) in [5, 5.41) is 2.42. The van der Waals surface area contributed by atoms with Crippen LogP contribution < -0.4 is 5.32 Å². The third-order valence-corrected chi connectivity index (χ3v) is 2.21. The highest BCUT2D eigenvalue weighted by atomic mass is 32.2. The van der Waals surface area contributed by atoms with Crippen LogP contribution in [-0.2, 0) is 4.79 Å². The third-order valence-electron chi connectivity index (χ3n) is 1.48. The zero-order valence-corrected chi connectivity index (χ0v) is 8.24. The van der Waals surface area contributed by atoms with Crippen LogP contribution in [0.25, 0.3) is 0 Å². The Hall–Kier alpha value is -1.03. The highest BCUT2D eigenvalue weighted by Gasteiger charge is 2.03. The van der Waals surface area contributed by atoms with Gasteiger partial charge in [0.2, 0.25) is 5.91 Å². The lowest BCUT2D eigenvalue weighted by Crippen LogP contribution is -2.07. The summed E-state index contributed by atoms with van der Waals surface area (Å²) in [6.45, 7) is 1.35. The molecule has 2 nitrogen and oxygen atoms in total. The largest absolute Gasteiger partial charge is 0.324 e. The van der Waals surface area contributed by atoms with Crippen molar-refractivity contribution in [2.45, 2.75) is 11.8 Å². The Morgan fingerprint density at radius 3 is 2.77 bits per heavy atom. The number of nitrogens with one attached hydrogen (secondary N) is 1. The minimum atomic E-state index is -0.409. The quantitative estimate of drug-likeness (QED) is 0.741. The lowest BCUT2D eigenvalue weighted by atomic mass is 10.3. The number of thioether (sulfide) groups is 1. The number of hydrogen-bond acceptors (Lipinski definition) is 2. The van der Waals surface area contributed by atoms with Crippen LogP contribution in [-0.4, -0.2) is 12.2 Å². The molecule has 1 aromatic carbocycles. The Morgan fingerprint density at radius 2 is 2.23 bits per heavy atom. The molecule has 1 amide bonds. The SMILES string of the molecule is CSc1ccc(F)c(NC(C)=O)c1. The Balaban J connectivity index is 2.96. The Labute approximate surface area is 80.5 Å². The van der Waals surface area contributed by atoms with Gasteiger partial charge in [-0.05, 0) is 24.5 Å². The summed E-state index contributed by atoms with van der Waals surface area (Å²) >= 11 is 1.50. The Morgan fingerprint density at radius 1 is 1.54 bits per heavy atom. The molecule has 0 radical (unpaired) electrons. The van der Waals surface area contributed by atoms with Crippen molar-refractivity contribution in [2.75, 3.05) is 11.6 Å². The van der Waals surface area contributed by atoms with Gasteiger partial charge in [-0.25, -0.2) is 4.39 Å². The van der Waals surface area contributed by atoms with Crippen molar-refractivity contribution >= 4 is 23.4 Å². The lowest BCUT2D eigenvalue weighted by Gasteiger charge is -2.04. The number of rotatable bonds is 2. The Kier molecular flexibility index (Phi) is 3.31. The minimum Gasteiger partial charge on any atom is -0.324 e. The maximum atomic E-state index is 13.0.